The largest absolute Gasteiger partial charge is 0.416 e. The van der Waals surface area contributed by atoms with Crippen molar-refractivity contribution in [2.45, 2.75) is 26.9 Å². The second kappa shape index (κ2) is 11.0. The van der Waals surface area contributed by atoms with Gasteiger partial charge in [-0.05, 0) is 65.4 Å². The molecule has 1 N–H and O–H groups in total. The van der Waals surface area contributed by atoms with Crippen molar-refractivity contribution in [3.8, 4) is 17.2 Å². The van der Waals surface area contributed by atoms with E-state index in [-0.39, 0.29) is 18.2 Å². The predicted octanol–water partition coefficient (Wildman–Crippen LogP) is 7.28. The van der Waals surface area contributed by atoms with E-state index in [0.29, 0.717) is 28.9 Å². The van der Waals surface area contributed by atoms with Gasteiger partial charge in [-0.2, -0.15) is 18.4 Å². The molecule has 1 heterocycles. The van der Waals surface area contributed by atoms with Crippen LogP contribution in [0.15, 0.2) is 78.5 Å². The molecule has 3 aromatic carbocycles. The fourth-order valence-electron chi connectivity index (χ4n) is 4.41. The van der Waals surface area contributed by atoms with Crippen LogP contribution in [0.3, 0.4) is 0 Å². The van der Waals surface area contributed by atoms with Crippen LogP contribution in [0.25, 0.3) is 16.7 Å². The van der Waals surface area contributed by atoms with E-state index in [9.17, 15) is 28.0 Å². The summed E-state index contributed by atoms with van der Waals surface area (Å²) < 4.78 is 40.6. The zero-order valence-corrected chi connectivity index (χ0v) is 21.7. The molecule has 9 heteroatoms. The minimum atomic E-state index is -4.61. The van der Waals surface area contributed by atoms with Gasteiger partial charge in [-0.1, -0.05) is 56.3 Å². The van der Waals surface area contributed by atoms with Crippen molar-refractivity contribution in [2.24, 2.45) is 5.92 Å². The fourth-order valence-corrected chi connectivity index (χ4v) is 4.41. The molecule has 0 bridgehead atoms. The zero-order valence-electron chi connectivity index (χ0n) is 21.7. The number of hydrogen-bond acceptors (Lipinski definition) is 3. The molecule has 0 saturated heterocycles. The maximum atomic E-state index is 13.6. The van der Waals surface area contributed by atoms with Crippen molar-refractivity contribution >= 4 is 23.3 Å². The number of carbonyl (C=O) groups is 2. The van der Waals surface area contributed by atoms with E-state index >= 15 is 0 Å². The highest BCUT2D eigenvalue weighted by atomic mass is 19.4. The molecule has 0 aliphatic carbocycles. The number of alkyl halides is 3. The molecule has 0 saturated carbocycles. The Hall–Kier alpha value is -4.58. The van der Waals surface area contributed by atoms with Crippen molar-refractivity contribution in [1.82, 2.24) is 10.2 Å². The lowest BCUT2D eigenvalue weighted by molar-refractivity contribution is -0.137. The zero-order chi connectivity index (χ0) is 28.3. The number of nitrogens with zero attached hydrogens (tertiary/aromatic N) is 3. The molecule has 0 spiro atoms. The highest BCUT2D eigenvalue weighted by Gasteiger charge is 2.38. The number of nitrogens with one attached hydrogen (secondary N) is 1. The highest BCUT2D eigenvalue weighted by Crippen LogP contribution is 2.38. The quantitative estimate of drug-likeness (QED) is 0.375. The molecule has 0 fully saturated rings. The summed E-state index contributed by atoms with van der Waals surface area (Å²) in [6, 6.07) is 19.6. The van der Waals surface area contributed by atoms with Crippen LogP contribution in [0.5, 0.6) is 0 Å². The van der Waals surface area contributed by atoms with Crippen LogP contribution in [-0.2, 0) is 6.18 Å². The summed E-state index contributed by atoms with van der Waals surface area (Å²) in [5, 5.41) is 11.9. The molecule has 39 heavy (non-hydrogen) atoms. The molecule has 6 nitrogen and oxygen atoms in total. The number of carbonyl (C=O) groups excluding carboxylic acids is 2. The molecule has 0 radical (unpaired) electrons. The summed E-state index contributed by atoms with van der Waals surface area (Å²) in [7, 11) is 0. The fraction of sp³-hybridized carbons (Fsp3) is 0.233. The van der Waals surface area contributed by atoms with Crippen LogP contribution in [0.4, 0.5) is 28.4 Å². The van der Waals surface area contributed by atoms with E-state index in [1.165, 1.54) is 12.1 Å². The standard InChI is InChI=1S/C30H27F3N4O2/c1-19(2)17-35-28(38)36-18-27(26-10-5-4-9-25(26)22-13-11-21(16-34)12-14-22)20(3)37(29(36)39)24-8-6-7-23(15-24)30(31,32)33/h4-15,19H,17-18H2,1-3H3,(H,35,38). The Morgan fingerprint density at radius 1 is 1.03 bits per heavy atom. The summed E-state index contributed by atoms with van der Waals surface area (Å²) in [5.74, 6) is 0.127. The number of anilines is 1. The molecule has 0 unspecified atom stereocenters. The lowest BCUT2D eigenvalue weighted by atomic mass is 9.91. The van der Waals surface area contributed by atoms with Gasteiger partial charge in [-0.3, -0.25) is 4.90 Å². The summed E-state index contributed by atoms with van der Waals surface area (Å²) in [6.45, 7) is 5.74. The summed E-state index contributed by atoms with van der Waals surface area (Å²) in [4.78, 5) is 29.0. The number of halogens is 3. The number of amides is 4. The average molecular weight is 533 g/mol. The van der Waals surface area contributed by atoms with Crippen LogP contribution < -0.4 is 10.2 Å². The Labute approximate surface area is 225 Å². The second-order valence-electron chi connectivity index (χ2n) is 9.63. The van der Waals surface area contributed by atoms with Crippen molar-refractivity contribution in [2.75, 3.05) is 18.0 Å². The SMILES string of the molecule is CC1=C(c2ccccc2-c2ccc(C#N)cc2)CN(C(=O)NCC(C)C)C(=O)N1c1cccc(C(F)(F)F)c1. The van der Waals surface area contributed by atoms with Gasteiger partial charge < -0.3 is 5.32 Å². The number of nitriles is 1. The van der Waals surface area contributed by atoms with Crippen LogP contribution in [0, 0.1) is 17.2 Å². The highest BCUT2D eigenvalue weighted by molar-refractivity contribution is 6.09. The van der Waals surface area contributed by atoms with Crippen LogP contribution >= 0.6 is 0 Å². The van der Waals surface area contributed by atoms with Crippen LogP contribution in [0.1, 0.15) is 37.5 Å². The number of hydrogen-bond donors (Lipinski definition) is 1. The topological polar surface area (TPSA) is 76.4 Å². The third-order valence-corrected chi connectivity index (χ3v) is 6.43. The minimum Gasteiger partial charge on any atom is -0.337 e. The molecule has 4 amide bonds. The molecule has 4 rings (SSSR count). The van der Waals surface area contributed by atoms with Gasteiger partial charge in [0.2, 0.25) is 0 Å². The maximum Gasteiger partial charge on any atom is 0.416 e. The maximum absolute atomic E-state index is 13.6. The number of benzene rings is 3. The summed E-state index contributed by atoms with van der Waals surface area (Å²) in [5.41, 5.74) is 2.92. The molecule has 3 aromatic rings. The molecule has 1 aliphatic heterocycles. The summed E-state index contributed by atoms with van der Waals surface area (Å²) in [6.07, 6.45) is -4.61. The minimum absolute atomic E-state index is 0.00189. The Balaban J connectivity index is 1.88. The predicted molar refractivity (Wildman–Crippen MR) is 143 cm³/mol. The molecular formula is C30H27F3N4O2. The van der Waals surface area contributed by atoms with Gasteiger partial charge in [0.05, 0.1) is 29.4 Å². The van der Waals surface area contributed by atoms with Crippen molar-refractivity contribution in [3.63, 3.8) is 0 Å². The normalized spacial score (nSPS) is 14.1. The Morgan fingerprint density at radius 2 is 1.69 bits per heavy atom. The van der Waals surface area contributed by atoms with E-state index in [2.05, 4.69) is 11.4 Å². The van der Waals surface area contributed by atoms with E-state index in [0.717, 1.165) is 33.1 Å². The van der Waals surface area contributed by atoms with Gasteiger partial charge in [0, 0.05) is 12.2 Å². The first-order valence-corrected chi connectivity index (χ1v) is 12.4. The second-order valence-corrected chi connectivity index (χ2v) is 9.63. The number of urea groups is 2. The smallest absolute Gasteiger partial charge is 0.337 e. The van der Waals surface area contributed by atoms with Crippen molar-refractivity contribution in [3.05, 3.63) is 95.2 Å². The average Bonchev–Trinajstić information content (AvgIpc) is 2.92. The third kappa shape index (κ3) is 5.80. The third-order valence-electron chi connectivity index (χ3n) is 6.43. The van der Waals surface area contributed by atoms with Gasteiger partial charge in [-0.25, -0.2) is 14.5 Å². The molecule has 200 valence electrons. The first kappa shape index (κ1) is 27.5. The van der Waals surface area contributed by atoms with Crippen molar-refractivity contribution < 1.29 is 22.8 Å². The van der Waals surface area contributed by atoms with Crippen LogP contribution in [0.2, 0.25) is 0 Å². The van der Waals surface area contributed by atoms with Gasteiger partial charge in [0.1, 0.15) is 0 Å². The Kier molecular flexibility index (Phi) is 7.77. The Bertz CT molecular complexity index is 1470. The molecule has 0 atom stereocenters. The van der Waals surface area contributed by atoms with Gasteiger partial charge in [-0.15, -0.1) is 0 Å². The van der Waals surface area contributed by atoms with Crippen LogP contribution in [-0.4, -0.2) is 30.1 Å². The first-order valence-electron chi connectivity index (χ1n) is 12.4. The lowest BCUT2D eigenvalue weighted by Gasteiger charge is -2.37. The molecular weight excluding hydrogens is 505 g/mol. The van der Waals surface area contributed by atoms with Gasteiger partial charge in [0.25, 0.3) is 0 Å². The first-order chi connectivity index (χ1) is 18.5. The molecule has 1 aliphatic rings. The van der Waals surface area contributed by atoms with E-state index in [1.54, 1.807) is 31.2 Å². The van der Waals surface area contributed by atoms with E-state index < -0.39 is 23.8 Å². The monoisotopic (exact) mass is 532 g/mol. The van der Waals surface area contributed by atoms with Crippen molar-refractivity contribution in [1.29, 1.82) is 5.26 Å². The van der Waals surface area contributed by atoms with E-state index in [1.807, 2.05) is 38.1 Å². The summed E-state index contributed by atoms with van der Waals surface area (Å²) >= 11 is 0. The Morgan fingerprint density at radius 3 is 2.31 bits per heavy atom. The van der Waals surface area contributed by atoms with Gasteiger partial charge >= 0.3 is 18.2 Å². The van der Waals surface area contributed by atoms with Gasteiger partial charge in [0.15, 0.2) is 0 Å². The molecule has 0 aromatic heterocycles. The number of rotatable bonds is 5. The lowest BCUT2D eigenvalue weighted by Crippen LogP contribution is -2.54. The van der Waals surface area contributed by atoms with E-state index in [4.69, 9.17) is 0 Å². The number of imide groups is 1. The number of allylic oxidation sites excluding steroid dienone is 1.